The van der Waals surface area contributed by atoms with Crippen LogP contribution in [0.4, 0.5) is 5.82 Å². The molecule has 2 aromatic heterocycles. The molecule has 4 amide bonds. The lowest BCUT2D eigenvalue weighted by Gasteiger charge is -2.24. The van der Waals surface area contributed by atoms with Crippen molar-refractivity contribution in [2.24, 2.45) is 0 Å². The Morgan fingerprint density at radius 3 is 2.27 bits per heavy atom. The fraction of sp³-hybridized carbons (Fsp3) is 0.103. The van der Waals surface area contributed by atoms with Crippen LogP contribution in [-0.2, 0) is 11.3 Å². The van der Waals surface area contributed by atoms with Gasteiger partial charge in [0, 0.05) is 30.7 Å². The van der Waals surface area contributed by atoms with Gasteiger partial charge in [-0.05, 0) is 55.0 Å². The molecule has 0 bridgehead atoms. The number of aromatic hydroxyl groups is 1. The Morgan fingerprint density at radius 2 is 1.62 bits per heavy atom. The molecular weight excluding hydrogens is 629 g/mol. The highest BCUT2D eigenvalue weighted by molar-refractivity contribution is 6.34. The first-order valence-corrected chi connectivity index (χ1v) is 13.7. The normalized spacial score (nSPS) is 11.3. The summed E-state index contributed by atoms with van der Waals surface area (Å²) >= 11 is 12.2. The number of carbonyl (C=O) groups excluding carboxylic acids is 4. The molecule has 230 valence electrons. The Morgan fingerprint density at radius 1 is 0.889 bits per heavy atom. The number of halogens is 2. The van der Waals surface area contributed by atoms with Crippen molar-refractivity contribution in [3.8, 4) is 5.75 Å². The van der Waals surface area contributed by atoms with Gasteiger partial charge in [0.2, 0.25) is 0 Å². The molecule has 0 saturated carbocycles. The van der Waals surface area contributed by atoms with E-state index >= 15 is 0 Å². The Balaban J connectivity index is 1.60. The summed E-state index contributed by atoms with van der Waals surface area (Å²) in [5.41, 5.74) is 1.63. The lowest BCUT2D eigenvalue weighted by molar-refractivity contribution is -0.139. The van der Waals surface area contributed by atoms with Gasteiger partial charge in [-0.2, -0.15) is 0 Å². The van der Waals surface area contributed by atoms with E-state index in [4.69, 9.17) is 23.2 Å². The fourth-order valence-electron chi connectivity index (χ4n) is 3.75. The number of carbonyl (C=O) groups is 5. The number of carboxylic acid groups (broad SMARTS) is 1. The quantitative estimate of drug-likeness (QED) is 0.124. The maximum atomic E-state index is 13.7. The predicted molar refractivity (Wildman–Crippen MR) is 161 cm³/mol. The van der Waals surface area contributed by atoms with E-state index in [1.54, 1.807) is 12.1 Å². The second-order valence-electron chi connectivity index (χ2n) is 9.25. The number of hydrogen-bond donors (Lipinski definition) is 5. The molecule has 2 heterocycles. The average molecular weight is 652 g/mol. The van der Waals surface area contributed by atoms with Crippen LogP contribution in [0.2, 0.25) is 10.0 Å². The number of hydrazine groups is 1. The highest BCUT2D eigenvalue weighted by Gasteiger charge is 2.33. The second-order valence-corrected chi connectivity index (χ2v) is 10.1. The number of benzene rings is 2. The first kappa shape index (κ1) is 32.5. The summed E-state index contributed by atoms with van der Waals surface area (Å²) in [5, 5.41) is 24.6. The van der Waals surface area contributed by atoms with Crippen molar-refractivity contribution in [3.05, 3.63) is 111 Å². The lowest BCUT2D eigenvalue weighted by Crippen LogP contribution is -2.53. The second kappa shape index (κ2) is 14.4. The SMILES string of the molecule is C[C@H](NN(C(=O)c1ccc(C(=O)NCc2cccc(O)c2)cc1Cl)C(=O)c1nccnc1C(=O)Nc1ccc(Cl)cn1)C(=O)O. The number of pyridine rings is 1. The van der Waals surface area contributed by atoms with Gasteiger partial charge in [0.25, 0.3) is 23.6 Å². The number of nitrogens with zero attached hydrogens (tertiary/aromatic N) is 4. The largest absolute Gasteiger partial charge is 0.508 e. The monoisotopic (exact) mass is 651 g/mol. The summed E-state index contributed by atoms with van der Waals surface area (Å²) in [6.07, 6.45) is 3.53. The zero-order valence-corrected chi connectivity index (χ0v) is 24.7. The molecule has 1 atom stereocenters. The fourth-order valence-corrected chi connectivity index (χ4v) is 4.12. The molecule has 0 fully saturated rings. The molecule has 14 nitrogen and oxygen atoms in total. The molecule has 0 unspecified atom stereocenters. The molecule has 0 aliphatic heterocycles. The minimum Gasteiger partial charge on any atom is -0.508 e. The maximum absolute atomic E-state index is 13.7. The van der Waals surface area contributed by atoms with Crippen molar-refractivity contribution in [2.75, 3.05) is 5.32 Å². The molecule has 4 rings (SSSR count). The highest BCUT2D eigenvalue weighted by Crippen LogP contribution is 2.21. The van der Waals surface area contributed by atoms with E-state index in [1.807, 2.05) is 0 Å². The molecule has 16 heteroatoms. The molecule has 0 saturated heterocycles. The molecular formula is C29H23Cl2N7O7. The molecule has 2 aromatic carbocycles. The number of nitrogens with one attached hydrogen (secondary N) is 3. The number of phenols is 1. The van der Waals surface area contributed by atoms with E-state index in [0.717, 1.165) is 12.4 Å². The summed E-state index contributed by atoms with van der Waals surface area (Å²) in [6, 6.07) is 11.3. The van der Waals surface area contributed by atoms with Crippen molar-refractivity contribution in [2.45, 2.75) is 19.5 Å². The number of aromatic nitrogens is 3. The first-order valence-electron chi connectivity index (χ1n) is 12.9. The van der Waals surface area contributed by atoms with E-state index in [1.165, 1.54) is 55.6 Å². The Hall–Kier alpha value is -5.44. The first-order chi connectivity index (χ1) is 21.4. The zero-order chi connectivity index (χ0) is 32.7. The van der Waals surface area contributed by atoms with Crippen molar-refractivity contribution in [3.63, 3.8) is 0 Å². The van der Waals surface area contributed by atoms with Gasteiger partial charge in [0.15, 0.2) is 11.4 Å². The van der Waals surface area contributed by atoms with Gasteiger partial charge in [-0.15, -0.1) is 0 Å². The minimum atomic E-state index is -1.47. The Bertz CT molecular complexity index is 1790. The Kier molecular flexibility index (Phi) is 10.4. The van der Waals surface area contributed by atoms with Crippen LogP contribution in [0.15, 0.2) is 73.2 Å². The predicted octanol–water partition coefficient (Wildman–Crippen LogP) is 3.33. The van der Waals surface area contributed by atoms with Crippen LogP contribution >= 0.6 is 23.2 Å². The van der Waals surface area contributed by atoms with Crippen LogP contribution < -0.4 is 16.1 Å². The third-order valence-corrected chi connectivity index (χ3v) is 6.55. The number of rotatable bonds is 10. The third kappa shape index (κ3) is 8.14. The van der Waals surface area contributed by atoms with Crippen LogP contribution in [-0.4, -0.2) is 65.8 Å². The topological polar surface area (TPSA) is 204 Å². The van der Waals surface area contributed by atoms with E-state index < -0.39 is 47.0 Å². The molecule has 4 aromatic rings. The van der Waals surface area contributed by atoms with Crippen LogP contribution in [0.3, 0.4) is 0 Å². The molecule has 5 N–H and O–H groups in total. The van der Waals surface area contributed by atoms with Gasteiger partial charge >= 0.3 is 5.97 Å². The number of carboxylic acids is 1. The molecule has 0 radical (unpaired) electrons. The summed E-state index contributed by atoms with van der Waals surface area (Å²) in [4.78, 5) is 76.4. The van der Waals surface area contributed by atoms with E-state index in [0.29, 0.717) is 15.6 Å². The van der Waals surface area contributed by atoms with E-state index in [9.17, 15) is 34.2 Å². The number of amides is 4. The van der Waals surface area contributed by atoms with Gasteiger partial charge in [0.1, 0.15) is 17.6 Å². The smallest absolute Gasteiger partial charge is 0.322 e. The standard InChI is InChI=1S/C29H23Cl2N7O7/c1-15(29(44)45)37-38(28(43)24-23(32-9-10-33-24)26(41)36-22-8-6-18(30)14-34-22)27(42)20-7-5-17(12-21(20)31)25(40)35-13-16-3-2-4-19(39)11-16/h2-12,14-15,37,39H,13H2,1H3,(H,35,40)(H,44,45)(H,34,36,41)/t15-/m0/s1. The van der Waals surface area contributed by atoms with Gasteiger partial charge in [-0.25, -0.2) is 25.4 Å². The number of anilines is 1. The third-order valence-electron chi connectivity index (χ3n) is 6.01. The molecule has 0 aliphatic rings. The minimum absolute atomic E-state index is 0.0328. The number of aliphatic carboxylic acids is 1. The summed E-state index contributed by atoms with van der Waals surface area (Å²) < 4.78 is 0. The van der Waals surface area contributed by atoms with Gasteiger partial charge < -0.3 is 20.8 Å². The van der Waals surface area contributed by atoms with Crippen LogP contribution in [0, 0.1) is 0 Å². The number of phenolic OH excluding ortho intramolecular Hbond substituents is 1. The van der Waals surface area contributed by atoms with Crippen LogP contribution in [0.5, 0.6) is 5.75 Å². The number of hydrogen-bond acceptors (Lipinski definition) is 10. The van der Waals surface area contributed by atoms with Gasteiger partial charge in [-0.3, -0.25) is 24.0 Å². The van der Waals surface area contributed by atoms with Crippen LogP contribution in [0.25, 0.3) is 0 Å². The van der Waals surface area contributed by atoms with E-state index in [2.05, 4.69) is 31.0 Å². The van der Waals surface area contributed by atoms with Crippen molar-refractivity contribution in [1.82, 2.24) is 30.7 Å². The summed E-state index contributed by atoms with van der Waals surface area (Å²) in [5.74, 6) is -5.08. The lowest BCUT2D eigenvalue weighted by atomic mass is 10.1. The summed E-state index contributed by atoms with van der Waals surface area (Å²) in [6.45, 7) is 1.26. The highest BCUT2D eigenvalue weighted by atomic mass is 35.5. The van der Waals surface area contributed by atoms with Crippen molar-refractivity contribution < 1.29 is 34.2 Å². The van der Waals surface area contributed by atoms with Crippen molar-refractivity contribution in [1.29, 1.82) is 0 Å². The van der Waals surface area contributed by atoms with Crippen LogP contribution in [0.1, 0.15) is 54.2 Å². The average Bonchev–Trinajstić information content (AvgIpc) is 3.02. The summed E-state index contributed by atoms with van der Waals surface area (Å²) in [7, 11) is 0. The van der Waals surface area contributed by atoms with Crippen molar-refractivity contribution >= 4 is 58.6 Å². The molecule has 0 spiro atoms. The maximum Gasteiger partial charge on any atom is 0.322 e. The number of imide groups is 1. The molecule has 0 aliphatic carbocycles. The van der Waals surface area contributed by atoms with Gasteiger partial charge in [0.05, 0.1) is 15.6 Å². The van der Waals surface area contributed by atoms with Gasteiger partial charge in [-0.1, -0.05) is 35.3 Å². The van der Waals surface area contributed by atoms with E-state index in [-0.39, 0.29) is 34.3 Å². The zero-order valence-electron chi connectivity index (χ0n) is 23.2. The molecule has 45 heavy (non-hydrogen) atoms. The Labute approximate surface area is 265 Å².